The van der Waals surface area contributed by atoms with E-state index in [4.69, 9.17) is 0 Å². The number of hydrogen-bond acceptors (Lipinski definition) is 4. The molecular weight excluding hydrogens is 390 g/mol. The summed E-state index contributed by atoms with van der Waals surface area (Å²) in [5.74, 6) is -0.379. The number of nitrogens with zero attached hydrogens (tertiary/aromatic N) is 3. The van der Waals surface area contributed by atoms with Gasteiger partial charge in [-0.3, -0.25) is 13.9 Å². The van der Waals surface area contributed by atoms with E-state index in [1.807, 2.05) is 29.7 Å². The van der Waals surface area contributed by atoms with E-state index >= 15 is 0 Å². The van der Waals surface area contributed by atoms with Crippen LogP contribution in [0.5, 0.6) is 0 Å². The van der Waals surface area contributed by atoms with Crippen LogP contribution in [-0.2, 0) is 7.05 Å². The topological polar surface area (TPSA) is 76.6 Å². The summed E-state index contributed by atoms with van der Waals surface area (Å²) >= 11 is 0. The van der Waals surface area contributed by atoms with Crippen molar-refractivity contribution in [2.45, 2.75) is 38.6 Å². The molecule has 2 aromatic carbocycles. The molecule has 0 amide bonds. The molecule has 1 N–H and O–H groups in total. The summed E-state index contributed by atoms with van der Waals surface area (Å²) in [6.45, 7) is 1.91. The number of fused-ring (bicyclic) bond motifs is 1. The van der Waals surface area contributed by atoms with E-state index < -0.39 is 0 Å². The summed E-state index contributed by atoms with van der Waals surface area (Å²) in [5, 5.41) is 12.7. The Bertz CT molecular complexity index is 1150. The number of Topliss-reactive ketones (excluding diaryl/α,β-unsaturated/α-hetero) is 1. The highest BCUT2D eigenvalue weighted by atomic mass is 35.5. The molecule has 0 bridgehead atoms. The van der Waals surface area contributed by atoms with Crippen LogP contribution in [0.2, 0.25) is 0 Å². The number of carbonyl (C=O) groups is 1. The van der Waals surface area contributed by atoms with Gasteiger partial charge in [-0.15, -0.1) is 12.4 Å². The Labute approximate surface area is 174 Å². The molecule has 1 saturated carbocycles. The third-order valence-electron chi connectivity index (χ3n) is 5.65. The molecule has 0 spiro atoms. The lowest BCUT2D eigenvalue weighted by Gasteiger charge is -2.11. The minimum Gasteiger partial charge on any atom is -0.410 e. The fourth-order valence-corrected chi connectivity index (χ4v) is 4.18. The molecule has 1 aliphatic rings. The van der Waals surface area contributed by atoms with Crippen LogP contribution in [0.15, 0.2) is 52.4 Å². The number of imidazole rings is 1. The van der Waals surface area contributed by atoms with E-state index in [0.717, 1.165) is 36.8 Å². The highest BCUT2D eigenvalue weighted by molar-refractivity contribution is 6.51. The van der Waals surface area contributed by atoms with Crippen LogP contribution in [0.25, 0.3) is 11.0 Å². The fourth-order valence-electron chi connectivity index (χ4n) is 4.18. The Hall–Kier alpha value is -2.86. The van der Waals surface area contributed by atoms with Crippen LogP contribution in [-0.4, -0.2) is 25.8 Å². The maximum absolute atomic E-state index is 13.0. The average Bonchev–Trinajstić information content (AvgIpc) is 3.30. The molecule has 1 aromatic heterocycles. The number of oxime groups is 1. The molecule has 0 unspecified atom stereocenters. The summed E-state index contributed by atoms with van der Waals surface area (Å²) in [4.78, 5) is 25.8. The summed E-state index contributed by atoms with van der Waals surface area (Å²) in [6, 6.07) is 12.7. The van der Waals surface area contributed by atoms with Crippen molar-refractivity contribution in [3.8, 4) is 0 Å². The van der Waals surface area contributed by atoms with Crippen LogP contribution in [0.1, 0.15) is 53.2 Å². The number of ketones is 1. The van der Waals surface area contributed by atoms with Gasteiger partial charge < -0.3 is 5.21 Å². The first-order chi connectivity index (χ1) is 13.5. The minimum atomic E-state index is -0.379. The van der Waals surface area contributed by atoms with Crippen LogP contribution >= 0.6 is 12.4 Å². The molecule has 0 saturated heterocycles. The van der Waals surface area contributed by atoms with Crippen molar-refractivity contribution in [1.82, 2.24) is 9.13 Å². The normalized spacial score (nSPS) is 14.9. The van der Waals surface area contributed by atoms with Gasteiger partial charge in [-0.05, 0) is 44.0 Å². The van der Waals surface area contributed by atoms with E-state index in [1.165, 1.54) is 0 Å². The second-order valence-electron chi connectivity index (χ2n) is 7.50. The first-order valence-corrected chi connectivity index (χ1v) is 9.56. The van der Waals surface area contributed by atoms with Gasteiger partial charge in [0.05, 0.1) is 11.0 Å². The quantitative estimate of drug-likeness (QED) is 0.300. The number of halogens is 1. The lowest BCUT2D eigenvalue weighted by atomic mass is 9.99. The van der Waals surface area contributed by atoms with Gasteiger partial charge in [0.25, 0.3) is 0 Å². The van der Waals surface area contributed by atoms with Crippen molar-refractivity contribution in [3.63, 3.8) is 0 Å². The van der Waals surface area contributed by atoms with Gasteiger partial charge in [-0.25, -0.2) is 4.79 Å². The van der Waals surface area contributed by atoms with Crippen molar-refractivity contribution in [3.05, 3.63) is 69.6 Å². The van der Waals surface area contributed by atoms with E-state index in [0.29, 0.717) is 16.6 Å². The number of hydrogen-bond donors (Lipinski definition) is 1. The molecular formula is C22H24ClN3O3. The average molecular weight is 414 g/mol. The molecule has 6 nitrogen and oxygen atoms in total. The first kappa shape index (κ1) is 20.9. The number of carbonyl (C=O) groups excluding carboxylic acids is 1. The predicted molar refractivity (Wildman–Crippen MR) is 116 cm³/mol. The van der Waals surface area contributed by atoms with Gasteiger partial charge in [0.15, 0.2) is 5.71 Å². The van der Waals surface area contributed by atoms with Crippen molar-refractivity contribution in [2.75, 3.05) is 0 Å². The molecule has 3 aromatic rings. The van der Waals surface area contributed by atoms with Crippen LogP contribution < -0.4 is 5.69 Å². The van der Waals surface area contributed by atoms with Crippen molar-refractivity contribution >= 4 is 34.9 Å². The van der Waals surface area contributed by atoms with Gasteiger partial charge in [0.1, 0.15) is 0 Å². The second kappa shape index (κ2) is 8.25. The molecule has 0 atom stereocenters. The molecule has 152 valence electrons. The SMILES string of the molecule is Cc1cccc(C(=NO)C(=O)c2ccc3c(c2)n(C)c(=O)n3C2CCCC2)c1.Cl. The van der Waals surface area contributed by atoms with Gasteiger partial charge in [-0.2, -0.15) is 0 Å². The maximum Gasteiger partial charge on any atom is 0.329 e. The Morgan fingerprint density at radius 3 is 2.45 bits per heavy atom. The molecule has 7 heteroatoms. The van der Waals surface area contributed by atoms with Crippen LogP contribution in [0.4, 0.5) is 0 Å². The van der Waals surface area contributed by atoms with Crippen molar-refractivity contribution < 1.29 is 10.0 Å². The predicted octanol–water partition coefficient (Wildman–Crippen LogP) is 4.25. The zero-order chi connectivity index (χ0) is 19.8. The number of aromatic nitrogens is 2. The largest absolute Gasteiger partial charge is 0.410 e. The number of benzene rings is 2. The molecule has 1 fully saturated rings. The maximum atomic E-state index is 13.0. The van der Waals surface area contributed by atoms with Gasteiger partial charge in [0, 0.05) is 24.2 Å². The number of rotatable bonds is 4. The lowest BCUT2D eigenvalue weighted by molar-refractivity contribution is 0.106. The lowest BCUT2D eigenvalue weighted by Crippen LogP contribution is -2.24. The van der Waals surface area contributed by atoms with Gasteiger partial charge in [-0.1, -0.05) is 41.8 Å². The molecule has 29 heavy (non-hydrogen) atoms. The van der Waals surface area contributed by atoms with E-state index in [-0.39, 0.29) is 35.6 Å². The fraction of sp³-hybridized carbons (Fsp3) is 0.318. The standard InChI is InChI=1S/C22H23N3O3.ClH/c1-14-6-5-7-15(12-14)20(23-28)21(26)16-10-11-18-19(13-16)24(2)22(27)25(18)17-8-3-4-9-17;/h5-7,10-13,17,28H,3-4,8-9H2,1-2H3;1H. The second-order valence-corrected chi connectivity index (χ2v) is 7.50. The van der Waals surface area contributed by atoms with E-state index in [1.54, 1.807) is 35.9 Å². The Balaban J connectivity index is 0.00000240. The highest BCUT2D eigenvalue weighted by Gasteiger charge is 2.24. The Morgan fingerprint density at radius 2 is 1.79 bits per heavy atom. The highest BCUT2D eigenvalue weighted by Crippen LogP contribution is 2.31. The van der Waals surface area contributed by atoms with Gasteiger partial charge >= 0.3 is 5.69 Å². The zero-order valence-corrected chi connectivity index (χ0v) is 17.3. The summed E-state index contributed by atoms with van der Waals surface area (Å²) in [7, 11) is 1.73. The molecule has 0 radical (unpaired) electrons. The summed E-state index contributed by atoms with van der Waals surface area (Å²) in [5.41, 5.74) is 3.41. The summed E-state index contributed by atoms with van der Waals surface area (Å²) in [6.07, 6.45) is 4.29. The third-order valence-corrected chi connectivity index (χ3v) is 5.65. The third kappa shape index (κ3) is 3.60. The molecule has 1 heterocycles. The Kier molecular flexibility index (Phi) is 5.94. The summed E-state index contributed by atoms with van der Waals surface area (Å²) < 4.78 is 3.45. The molecule has 4 rings (SSSR count). The monoisotopic (exact) mass is 413 g/mol. The molecule has 1 aliphatic carbocycles. The van der Waals surface area contributed by atoms with E-state index in [9.17, 15) is 14.8 Å². The Morgan fingerprint density at radius 1 is 1.07 bits per heavy atom. The first-order valence-electron chi connectivity index (χ1n) is 9.56. The van der Waals surface area contributed by atoms with Crippen molar-refractivity contribution in [2.24, 2.45) is 12.2 Å². The van der Waals surface area contributed by atoms with Gasteiger partial charge in [0.2, 0.25) is 5.78 Å². The molecule has 0 aliphatic heterocycles. The van der Waals surface area contributed by atoms with Crippen molar-refractivity contribution in [1.29, 1.82) is 0 Å². The van der Waals surface area contributed by atoms with Crippen LogP contribution in [0, 0.1) is 6.92 Å². The zero-order valence-electron chi connectivity index (χ0n) is 16.5. The van der Waals surface area contributed by atoms with Crippen LogP contribution in [0.3, 0.4) is 0 Å². The van der Waals surface area contributed by atoms with E-state index in [2.05, 4.69) is 5.16 Å². The number of aryl methyl sites for hydroxylation is 2. The minimum absolute atomic E-state index is 0. The smallest absolute Gasteiger partial charge is 0.329 e.